The summed E-state index contributed by atoms with van der Waals surface area (Å²) in [6.07, 6.45) is 0.923. The molecular formula is C13H23N5O2S2. The number of hydrogen-bond acceptors (Lipinski definition) is 8. The Bertz CT molecular complexity index is 516. The molecule has 1 rings (SSSR count). The van der Waals surface area contributed by atoms with Crippen molar-refractivity contribution in [2.75, 3.05) is 25.9 Å². The molecule has 0 spiro atoms. The number of nitrogens with zero attached hydrogens (tertiary/aromatic N) is 2. The zero-order valence-electron chi connectivity index (χ0n) is 13.1. The molecule has 0 radical (unpaired) electrons. The maximum atomic E-state index is 10.4. The Balaban J connectivity index is 2.32. The first-order valence-electron chi connectivity index (χ1n) is 6.88. The van der Waals surface area contributed by atoms with E-state index in [0.29, 0.717) is 18.9 Å². The quantitative estimate of drug-likeness (QED) is 0.335. The first-order chi connectivity index (χ1) is 10.4. The average molecular weight is 345 g/mol. The predicted octanol–water partition coefficient (Wildman–Crippen LogP) is 1.50. The molecule has 4 N–H and O–H groups in total. The zero-order chi connectivity index (χ0) is 16.6. The molecule has 0 unspecified atom stereocenters. The minimum Gasteiger partial charge on any atom is -0.370 e. The van der Waals surface area contributed by atoms with Crippen molar-refractivity contribution in [2.45, 2.75) is 25.0 Å². The number of nitrogens with one attached hydrogen (secondary N) is 2. The van der Waals surface area contributed by atoms with Gasteiger partial charge in [-0.25, -0.2) is 4.98 Å². The van der Waals surface area contributed by atoms with Gasteiger partial charge in [-0.05, 0) is 0 Å². The summed E-state index contributed by atoms with van der Waals surface area (Å²) in [5, 5.41) is 19.2. The number of hydrogen-bond donors (Lipinski definition) is 3. The SMILES string of the molecule is CN/C(=C\[N+](=O)[O-])NCCSCc1csc(C(C)(C)CN)n1. The van der Waals surface area contributed by atoms with Crippen LogP contribution in [0.15, 0.2) is 17.4 Å². The molecule has 0 atom stereocenters. The summed E-state index contributed by atoms with van der Waals surface area (Å²) in [5.41, 5.74) is 6.73. The van der Waals surface area contributed by atoms with Gasteiger partial charge < -0.3 is 16.4 Å². The van der Waals surface area contributed by atoms with Crippen molar-refractivity contribution < 1.29 is 4.92 Å². The summed E-state index contributed by atoms with van der Waals surface area (Å²) >= 11 is 3.38. The van der Waals surface area contributed by atoms with Crippen molar-refractivity contribution in [3.63, 3.8) is 0 Å². The summed E-state index contributed by atoms with van der Waals surface area (Å²) in [4.78, 5) is 14.5. The Kier molecular flexibility index (Phi) is 7.63. The van der Waals surface area contributed by atoms with Gasteiger partial charge in [0.2, 0.25) is 0 Å². The summed E-state index contributed by atoms with van der Waals surface area (Å²) in [6, 6.07) is 0. The van der Waals surface area contributed by atoms with Gasteiger partial charge >= 0.3 is 0 Å². The van der Waals surface area contributed by atoms with E-state index >= 15 is 0 Å². The molecule has 0 aliphatic carbocycles. The second-order valence-corrected chi connectivity index (χ2v) is 7.25. The standard InChI is InChI=1S/C13H23N5O2S2/c1-13(2,9-14)12-17-10(8-22-12)7-21-5-4-16-11(15-3)6-18(19)20/h6,8,15-16H,4-5,7,9,14H2,1-3H3/b11-6+. The monoisotopic (exact) mass is 345 g/mol. The van der Waals surface area contributed by atoms with Crippen LogP contribution in [0.1, 0.15) is 24.5 Å². The molecule has 9 heteroatoms. The number of nitro groups is 1. The average Bonchev–Trinajstić information content (AvgIpc) is 2.95. The first kappa shape index (κ1) is 18.7. The summed E-state index contributed by atoms with van der Waals surface area (Å²) in [5.74, 6) is 2.07. The molecule has 0 saturated carbocycles. The van der Waals surface area contributed by atoms with Crippen LogP contribution in [0.5, 0.6) is 0 Å². The van der Waals surface area contributed by atoms with Crippen molar-refractivity contribution in [1.82, 2.24) is 15.6 Å². The molecule has 124 valence electrons. The van der Waals surface area contributed by atoms with Gasteiger partial charge in [-0.15, -0.1) is 11.3 Å². The smallest absolute Gasteiger partial charge is 0.274 e. The van der Waals surface area contributed by atoms with Crippen LogP contribution in [-0.4, -0.2) is 35.8 Å². The van der Waals surface area contributed by atoms with E-state index in [1.807, 2.05) is 0 Å². The van der Waals surface area contributed by atoms with Crippen LogP contribution in [-0.2, 0) is 11.2 Å². The fourth-order valence-electron chi connectivity index (χ4n) is 1.51. The fraction of sp³-hybridized carbons (Fsp3) is 0.615. The largest absolute Gasteiger partial charge is 0.370 e. The van der Waals surface area contributed by atoms with Crippen LogP contribution < -0.4 is 16.4 Å². The minimum absolute atomic E-state index is 0.0792. The van der Waals surface area contributed by atoms with Crippen molar-refractivity contribution in [1.29, 1.82) is 0 Å². The molecule has 1 heterocycles. The molecule has 0 fully saturated rings. The molecule has 22 heavy (non-hydrogen) atoms. The normalized spacial score (nSPS) is 12.3. The number of thiazole rings is 1. The molecule has 1 aromatic heterocycles. The van der Waals surface area contributed by atoms with E-state index in [9.17, 15) is 10.1 Å². The van der Waals surface area contributed by atoms with Crippen molar-refractivity contribution in [2.24, 2.45) is 5.73 Å². The third-order valence-electron chi connectivity index (χ3n) is 2.96. The molecule has 0 aliphatic rings. The van der Waals surface area contributed by atoms with Crippen LogP contribution in [0, 0.1) is 10.1 Å². The maximum Gasteiger partial charge on any atom is 0.274 e. The van der Waals surface area contributed by atoms with Gasteiger partial charge in [0.05, 0.1) is 15.6 Å². The second-order valence-electron chi connectivity index (χ2n) is 5.29. The van der Waals surface area contributed by atoms with Gasteiger partial charge in [-0.1, -0.05) is 13.8 Å². The fourth-order valence-corrected chi connectivity index (χ4v) is 3.32. The van der Waals surface area contributed by atoms with E-state index in [0.717, 1.165) is 28.4 Å². The lowest BCUT2D eigenvalue weighted by atomic mass is 9.95. The maximum absolute atomic E-state index is 10.4. The Morgan fingerprint density at radius 2 is 2.36 bits per heavy atom. The highest BCUT2D eigenvalue weighted by Gasteiger charge is 2.22. The lowest BCUT2D eigenvalue weighted by Crippen LogP contribution is -2.27. The third kappa shape index (κ3) is 6.20. The van der Waals surface area contributed by atoms with E-state index in [2.05, 4.69) is 34.8 Å². The lowest BCUT2D eigenvalue weighted by Gasteiger charge is -2.18. The van der Waals surface area contributed by atoms with Gasteiger partial charge in [-0.3, -0.25) is 10.1 Å². The van der Waals surface area contributed by atoms with Gasteiger partial charge in [0.1, 0.15) is 0 Å². The van der Waals surface area contributed by atoms with Gasteiger partial charge in [0.15, 0.2) is 5.82 Å². The van der Waals surface area contributed by atoms with Crippen LogP contribution >= 0.6 is 23.1 Å². The van der Waals surface area contributed by atoms with Gasteiger partial charge in [0.25, 0.3) is 6.20 Å². The molecule has 7 nitrogen and oxygen atoms in total. The molecule has 1 aromatic rings. The van der Waals surface area contributed by atoms with Crippen LogP contribution in [0.3, 0.4) is 0 Å². The predicted molar refractivity (Wildman–Crippen MR) is 92.5 cm³/mol. The Labute approximate surface area is 138 Å². The van der Waals surface area contributed by atoms with E-state index < -0.39 is 4.92 Å². The molecule has 0 aliphatic heterocycles. The van der Waals surface area contributed by atoms with Crippen molar-refractivity contribution in [3.8, 4) is 0 Å². The summed E-state index contributed by atoms with van der Waals surface area (Å²) < 4.78 is 0. The summed E-state index contributed by atoms with van der Waals surface area (Å²) in [6.45, 7) is 5.41. The van der Waals surface area contributed by atoms with Crippen LogP contribution in [0.4, 0.5) is 0 Å². The zero-order valence-corrected chi connectivity index (χ0v) is 14.7. The summed E-state index contributed by atoms with van der Waals surface area (Å²) in [7, 11) is 1.64. The van der Waals surface area contributed by atoms with E-state index in [1.54, 1.807) is 30.1 Å². The highest BCUT2D eigenvalue weighted by atomic mass is 32.2. The van der Waals surface area contributed by atoms with Gasteiger partial charge in [-0.2, -0.15) is 11.8 Å². The molecule has 0 bridgehead atoms. The van der Waals surface area contributed by atoms with E-state index in [1.165, 1.54) is 0 Å². The number of rotatable bonds is 10. The highest BCUT2D eigenvalue weighted by Crippen LogP contribution is 2.26. The Morgan fingerprint density at radius 1 is 1.64 bits per heavy atom. The van der Waals surface area contributed by atoms with Gasteiger partial charge in [0, 0.05) is 42.4 Å². The number of nitrogens with two attached hydrogens (primary N) is 1. The van der Waals surface area contributed by atoms with Crippen LogP contribution in [0.25, 0.3) is 0 Å². The Morgan fingerprint density at radius 3 is 2.95 bits per heavy atom. The van der Waals surface area contributed by atoms with E-state index in [-0.39, 0.29) is 5.41 Å². The number of thioether (sulfide) groups is 1. The third-order valence-corrected chi connectivity index (χ3v) is 5.21. The first-order valence-corrected chi connectivity index (χ1v) is 8.92. The minimum atomic E-state index is -0.484. The van der Waals surface area contributed by atoms with E-state index in [4.69, 9.17) is 5.73 Å². The Hall–Kier alpha value is -1.32. The molecule has 0 saturated heterocycles. The molecule has 0 aromatic carbocycles. The van der Waals surface area contributed by atoms with Crippen molar-refractivity contribution >= 4 is 23.1 Å². The second kappa shape index (κ2) is 8.96. The van der Waals surface area contributed by atoms with Crippen molar-refractivity contribution in [3.05, 3.63) is 38.2 Å². The number of aromatic nitrogens is 1. The topological polar surface area (TPSA) is 106 Å². The van der Waals surface area contributed by atoms with Crippen LogP contribution in [0.2, 0.25) is 0 Å². The highest BCUT2D eigenvalue weighted by molar-refractivity contribution is 7.98. The molecule has 0 amide bonds. The molecular weight excluding hydrogens is 322 g/mol. The lowest BCUT2D eigenvalue weighted by molar-refractivity contribution is -0.404.